The standard InChI is InChI=1S/C6H9N3O3S2.C4H7N3O2S2/c1-3-5(14(7,11)12)13-6(8-3)9-4(2)10;1-2-3(11(6,8)9)10-4(5)7-2/h1-2H3,(H2,7,11,12)(H,8,9,10);1H3,(H2,5,7)(H2,6,8,9). The van der Waals surface area contributed by atoms with Crippen molar-refractivity contribution in [1.82, 2.24) is 9.97 Å². The van der Waals surface area contributed by atoms with Crippen LogP contribution >= 0.6 is 22.7 Å². The Bertz CT molecular complexity index is 991. The maximum atomic E-state index is 11.0. The van der Waals surface area contributed by atoms with Gasteiger partial charge in [-0.05, 0) is 13.8 Å². The minimum Gasteiger partial charge on any atom is -0.375 e. The third-order valence-corrected chi connectivity index (χ3v) is 7.49. The molecule has 0 bridgehead atoms. The molecule has 25 heavy (non-hydrogen) atoms. The number of nitrogens with one attached hydrogen (secondary N) is 1. The molecule has 0 aliphatic carbocycles. The van der Waals surface area contributed by atoms with Gasteiger partial charge in [-0.15, -0.1) is 0 Å². The molecule has 2 aromatic heterocycles. The van der Waals surface area contributed by atoms with E-state index in [1.807, 2.05) is 0 Å². The SMILES string of the molecule is CC(=O)Nc1nc(C)c(S(N)(=O)=O)s1.Cc1nc(N)sc1S(N)(=O)=O. The number of amides is 1. The molecule has 0 radical (unpaired) electrons. The monoisotopic (exact) mass is 428 g/mol. The number of aryl methyl sites for hydroxylation is 2. The molecule has 2 rings (SSSR count). The molecule has 0 saturated carbocycles. The van der Waals surface area contributed by atoms with Crippen LogP contribution in [-0.4, -0.2) is 32.7 Å². The molecule has 2 heterocycles. The first-order chi connectivity index (χ1) is 11.2. The van der Waals surface area contributed by atoms with Crippen LogP contribution in [0.15, 0.2) is 8.42 Å². The van der Waals surface area contributed by atoms with Gasteiger partial charge >= 0.3 is 0 Å². The van der Waals surface area contributed by atoms with E-state index in [0.717, 1.165) is 22.7 Å². The molecular weight excluding hydrogens is 412 g/mol. The van der Waals surface area contributed by atoms with E-state index in [-0.39, 0.29) is 24.6 Å². The second kappa shape index (κ2) is 7.71. The molecule has 0 atom stereocenters. The van der Waals surface area contributed by atoms with Gasteiger partial charge in [0.15, 0.2) is 18.7 Å². The molecule has 0 unspecified atom stereocenters. The molecule has 7 N–H and O–H groups in total. The van der Waals surface area contributed by atoms with E-state index in [1.165, 1.54) is 13.8 Å². The fraction of sp³-hybridized carbons (Fsp3) is 0.300. The average Bonchev–Trinajstić information content (AvgIpc) is 2.91. The van der Waals surface area contributed by atoms with Crippen LogP contribution in [0.5, 0.6) is 0 Å². The van der Waals surface area contributed by atoms with Crippen molar-refractivity contribution in [3.63, 3.8) is 0 Å². The Morgan fingerprint density at radius 2 is 1.40 bits per heavy atom. The number of nitrogens with zero attached hydrogens (tertiary/aromatic N) is 2. The zero-order valence-electron chi connectivity index (χ0n) is 13.3. The maximum absolute atomic E-state index is 11.0. The second-order valence-corrected chi connectivity index (χ2v) is 10.1. The van der Waals surface area contributed by atoms with Crippen molar-refractivity contribution in [3.8, 4) is 0 Å². The number of carbonyl (C=O) groups excluding carboxylic acids is 1. The van der Waals surface area contributed by atoms with Crippen LogP contribution in [0.3, 0.4) is 0 Å². The van der Waals surface area contributed by atoms with Gasteiger partial charge in [-0.1, -0.05) is 22.7 Å². The molecule has 2 aromatic rings. The molecule has 0 aromatic carbocycles. The van der Waals surface area contributed by atoms with Crippen LogP contribution in [0.2, 0.25) is 0 Å². The lowest BCUT2D eigenvalue weighted by atomic mass is 10.6. The van der Waals surface area contributed by atoms with Crippen LogP contribution in [-0.2, 0) is 24.8 Å². The fourth-order valence-electron chi connectivity index (χ4n) is 1.52. The molecule has 11 nitrogen and oxygen atoms in total. The summed E-state index contributed by atoms with van der Waals surface area (Å²) in [5.74, 6) is -0.306. The highest BCUT2D eigenvalue weighted by Crippen LogP contribution is 2.25. The number of carbonyl (C=O) groups is 1. The van der Waals surface area contributed by atoms with Gasteiger partial charge in [-0.2, -0.15) is 0 Å². The summed E-state index contributed by atoms with van der Waals surface area (Å²) in [6, 6.07) is 0. The number of nitrogen functional groups attached to an aromatic ring is 1. The molecule has 0 fully saturated rings. The molecule has 0 spiro atoms. The van der Waals surface area contributed by atoms with Crippen LogP contribution in [0.1, 0.15) is 18.3 Å². The number of primary sulfonamides is 2. The number of rotatable bonds is 3. The van der Waals surface area contributed by atoms with Crippen molar-refractivity contribution in [2.75, 3.05) is 11.1 Å². The van der Waals surface area contributed by atoms with Crippen molar-refractivity contribution in [2.24, 2.45) is 10.3 Å². The van der Waals surface area contributed by atoms with Crippen LogP contribution in [0.4, 0.5) is 10.3 Å². The molecular formula is C10H16N6O5S4. The number of anilines is 2. The molecule has 140 valence electrons. The van der Waals surface area contributed by atoms with Gasteiger partial charge in [-0.25, -0.2) is 37.1 Å². The Morgan fingerprint density at radius 3 is 1.68 bits per heavy atom. The summed E-state index contributed by atoms with van der Waals surface area (Å²) >= 11 is 1.71. The van der Waals surface area contributed by atoms with E-state index in [0.29, 0.717) is 11.4 Å². The summed E-state index contributed by atoms with van der Waals surface area (Å²) in [5, 5.41) is 12.6. The van der Waals surface area contributed by atoms with Crippen LogP contribution in [0.25, 0.3) is 0 Å². The lowest BCUT2D eigenvalue weighted by Gasteiger charge is -1.92. The quantitative estimate of drug-likeness (QED) is 0.511. The van der Waals surface area contributed by atoms with Crippen LogP contribution < -0.4 is 21.3 Å². The van der Waals surface area contributed by atoms with Gasteiger partial charge in [0.25, 0.3) is 0 Å². The number of hydrogen-bond acceptors (Lipinski definition) is 10. The highest BCUT2D eigenvalue weighted by molar-refractivity contribution is 7.91. The van der Waals surface area contributed by atoms with Crippen molar-refractivity contribution in [3.05, 3.63) is 11.4 Å². The third-order valence-electron chi connectivity index (χ3n) is 2.32. The normalized spacial score (nSPS) is 11.6. The highest BCUT2D eigenvalue weighted by atomic mass is 32.3. The average molecular weight is 429 g/mol. The largest absolute Gasteiger partial charge is 0.375 e. The first-order valence-corrected chi connectivity index (χ1v) is 11.0. The predicted octanol–water partition coefficient (Wildman–Crippen LogP) is -0.262. The maximum Gasteiger partial charge on any atom is 0.249 e. The molecule has 0 aliphatic heterocycles. The third kappa shape index (κ3) is 6.29. The minimum atomic E-state index is -3.74. The van der Waals surface area contributed by atoms with Gasteiger partial charge in [0.1, 0.15) is 0 Å². The second-order valence-electron chi connectivity index (χ2n) is 4.59. The fourth-order valence-corrected chi connectivity index (χ4v) is 5.17. The summed E-state index contributed by atoms with van der Waals surface area (Å²) in [6.07, 6.45) is 0. The van der Waals surface area contributed by atoms with Gasteiger partial charge in [0.2, 0.25) is 26.0 Å². The van der Waals surface area contributed by atoms with E-state index >= 15 is 0 Å². The summed E-state index contributed by atoms with van der Waals surface area (Å²) < 4.78 is 43.5. The van der Waals surface area contributed by atoms with Crippen LogP contribution in [0, 0.1) is 13.8 Å². The topological polar surface area (TPSA) is 201 Å². The molecule has 15 heteroatoms. The van der Waals surface area contributed by atoms with E-state index in [9.17, 15) is 21.6 Å². The first-order valence-electron chi connectivity index (χ1n) is 6.25. The molecule has 0 aliphatic rings. The lowest BCUT2D eigenvalue weighted by Crippen LogP contribution is -2.11. The van der Waals surface area contributed by atoms with Gasteiger partial charge in [-0.3, -0.25) is 4.79 Å². The highest BCUT2D eigenvalue weighted by Gasteiger charge is 2.18. The van der Waals surface area contributed by atoms with Crippen molar-refractivity contribution >= 4 is 58.9 Å². The molecule has 0 saturated heterocycles. The Balaban J connectivity index is 0.000000257. The van der Waals surface area contributed by atoms with Crippen molar-refractivity contribution in [2.45, 2.75) is 29.2 Å². The Hall–Kier alpha value is -1.65. The van der Waals surface area contributed by atoms with Crippen molar-refractivity contribution in [1.29, 1.82) is 0 Å². The summed E-state index contributed by atoms with van der Waals surface area (Å²) in [6.45, 7) is 4.38. The zero-order valence-corrected chi connectivity index (χ0v) is 16.6. The van der Waals surface area contributed by atoms with Crippen molar-refractivity contribution < 1.29 is 21.6 Å². The van der Waals surface area contributed by atoms with Gasteiger partial charge in [0, 0.05) is 6.92 Å². The Kier molecular flexibility index (Phi) is 6.60. The minimum absolute atomic E-state index is 0.0266. The van der Waals surface area contributed by atoms with E-state index < -0.39 is 20.0 Å². The van der Waals surface area contributed by atoms with Gasteiger partial charge < -0.3 is 11.1 Å². The number of sulfonamides is 2. The number of hydrogen-bond donors (Lipinski definition) is 4. The first kappa shape index (κ1) is 21.4. The number of nitrogens with two attached hydrogens (primary N) is 3. The molecule has 1 amide bonds. The summed E-state index contributed by atoms with van der Waals surface area (Å²) in [5.41, 5.74) is 5.91. The Morgan fingerprint density at radius 1 is 0.960 bits per heavy atom. The van der Waals surface area contributed by atoms with E-state index in [2.05, 4.69) is 15.3 Å². The summed E-state index contributed by atoms with van der Waals surface area (Å²) in [7, 11) is -7.38. The van der Waals surface area contributed by atoms with E-state index in [4.69, 9.17) is 16.0 Å². The predicted molar refractivity (Wildman–Crippen MR) is 95.2 cm³/mol. The smallest absolute Gasteiger partial charge is 0.249 e. The number of thiazole rings is 2. The summed E-state index contributed by atoms with van der Waals surface area (Å²) in [4.78, 5) is 18.2. The van der Waals surface area contributed by atoms with E-state index in [1.54, 1.807) is 6.92 Å². The lowest BCUT2D eigenvalue weighted by molar-refractivity contribution is -0.114. The number of aromatic nitrogens is 2. The Labute approximate surface area is 152 Å². The zero-order chi connectivity index (χ0) is 19.6. The van der Waals surface area contributed by atoms with Gasteiger partial charge in [0.05, 0.1) is 11.4 Å².